The van der Waals surface area contributed by atoms with Crippen molar-refractivity contribution in [2.45, 2.75) is 13.5 Å². The molecule has 5 heteroatoms. The smallest absolute Gasteiger partial charge is 0.137 e. The lowest BCUT2D eigenvalue weighted by atomic mass is 10.1. The molecule has 0 fully saturated rings. The third-order valence-electron chi connectivity index (χ3n) is 3.49. The van der Waals surface area contributed by atoms with Gasteiger partial charge in [-0.2, -0.15) is 5.10 Å². The summed E-state index contributed by atoms with van der Waals surface area (Å²) in [6.45, 7) is 2.38. The highest BCUT2D eigenvalue weighted by molar-refractivity contribution is 6.32. The van der Waals surface area contributed by atoms with E-state index in [-0.39, 0.29) is 6.61 Å². The fourth-order valence-electron chi connectivity index (χ4n) is 2.40. The zero-order chi connectivity index (χ0) is 16.2. The molecule has 0 saturated heterocycles. The minimum atomic E-state index is -0.0903. The van der Waals surface area contributed by atoms with Crippen LogP contribution in [0.15, 0.2) is 54.7 Å². The van der Waals surface area contributed by atoms with E-state index < -0.39 is 0 Å². The predicted octanol–water partition coefficient (Wildman–Crippen LogP) is 4.08. The summed E-state index contributed by atoms with van der Waals surface area (Å²) in [6.07, 6.45) is 1.83. The van der Waals surface area contributed by atoms with Crippen LogP contribution in [0.25, 0.3) is 16.9 Å². The van der Waals surface area contributed by atoms with Crippen molar-refractivity contribution in [1.29, 1.82) is 0 Å². The maximum Gasteiger partial charge on any atom is 0.137 e. The number of hydrogen-bond acceptors (Lipinski definition) is 3. The molecule has 1 aromatic heterocycles. The molecule has 2 aromatic carbocycles. The fourth-order valence-corrected chi connectivity index (χ4v) is 2.64. The lowest BCUT2D eigenvalue weighted by Crippen LogP contribution is -1.95. The lowest BCUT2D eigenvalue weighted by molar-refractivity contribution is 0.282. The van der Waals surface area contributed by atoms with Gasteiger partial charge in [0.1, 0.15) is 5.75 Å². The minimum Gasteiger partial charge on any atom is -0.492 e. The topological polar surface area (TPSA) is 47.3 Å². The van der Waals surface area contributed by atoms with Gasteiger partial charge >= 0.3 is 0 Å². The first-order chi connectivity index (χ1) is 11.2. The van der Waals surface area contributed by atoms with Gasteiger partial charge in [-0.15, -0.1) is 0 Å². The Hall–Kier alpha value is -2.30. The summed E-state index contributed by atoms with van der Waals surface area (Å²) < 4.78 is 7.21. The summed E-state index contributed by atoms with van der Waals surface area (Å²) in [5.74, 6) is 0.644. The standard InChI is InChI=1S/C18H17ClN2O2/c1-2-23-17-9-8-13(10-16(17)19)18-14(12-22)11-21(20-18)15-6-4-3-5-7-15/h3-11,22H,2,12H2,1H3. The maximum atomic E-state index is 9.64. The van der Waals surface area contributed by atoms with Gasteiger partial charge in [-0.1, -0.05) is 29.8 Å². The molecule has 3 aromatic rings. The number of aromatic nitrogens is 2. The first-order valence-corrected chi connectivity index (χ1v) is 7.78. The Morgan fingerprint density at radius 3 is 2.61 bits per heavy atom. The van der Waals surface area contributed by atoms with E-state index in [1.165, 1.54) is 0 Å². The Morgan fingerprint density at radius 1 is 1.17 bits per heavy atom. The van der Waals surface area contributed by atoms with Gasteiger partial charge < -0.3 is 9.84 Å². The number of benzene rings is 2. The summed E-state index contributed by atoms with van der Waals surface area (Å²) in [7, 11) is 0. The van der Waals surface area contributed by atoms with Gasteiger partial charge in [-0.05, 0) is 37.3 Å². The van der Waals surface area contributed by atoms with Crippen LogP contribution in [0, 0.1) is 0 Å². The van der Waals surface area contributed by atoms with E-state index in [1.54, 1.807) is 4.68 Å². The van der Waals surface area contributed by atoms with Gasteiger partial charge in [-0.3, -0.25) is 0 Å². The SMILES string of the molecule is CCOc1ccc(-c2nn(-c3ccccc3)cc2CO)cc1Cl. The van der Waals surface area contributed by atoms with Crippen molar-refractivity contribution in [3.63, 3.8) is 0 Å². The molecule has 3 rings (SSSR count). The summed E-state index contributed by atoms with van der Waals surface area (Å²) in [4.78, 5) is 0. The van der Waals surface area contributed by atoms with E-state index in [1.807, 2.05) is 61.7 Å². The van der Waals surface area contributed by atoms with Crippen LogP contribution in [0.2, 0.25) is 5.02 Å². The molecule has 23 heavy (non-hydrogen) atoms. The van der Waals surface area contributed by atoms with Crippen molar-refractivity contribution < 1.29 is 9.84 Å². The van der Waals surface area contributed by atoms with Crippen molar-refractivity contribution in [3.8, 4) is 22.7 Å². The summed E-state index contributed by atoms with van der Waals surface area (Å²) >= 11 is 6.26. The van der Waals surface area contributed by atoms with Crippen molar-refractivity contribution >= 4 is 11.6 Å². The maximum absolute atomic E-state index is 9.64. The molecule has 0 saturated carbocycles. The zero-order valence-electron chi connectivity index (χ0n) is 12.7. The molecule has 4 nitrogen and oxygen atoms in total. The van der Waals surface area contributed by atoms with Crippen molar-refractivity contribution in [2.24, 2.45) is 0 Å². The van der Waals surface area contributed by atoms with Crippen molar-refractivity contribution in [2.75, 3.05) is 6.61 Å². The van der Waals surface area contributed by atoms with Gasteiger partial charge in [0.25, 0.3) is 0 Å². The molecular weight excluding hydrogens is 312 g/mol. The monoisotopic (exact) mass is 328 g/mol. The van der Waals surface area contributed by atoms with Crippen molar-refractivity contribution in [3.05, 3.63) is 65.3 Å². The van der Waals surface area contributed by atoms with Crippen LogP contribution in [-0.4, -0.2) is 21.5 Å². The molecule has 0 atom stereocenters. The normalized spacial score (nSPS) is 10.7. The van der Waals surface area contributed by atoms with Crippen LogP contribution >= 0.6 is 11.6 Å². The average molecular weight is 329 g/mol. The van der Waals surface area contributed by atoms with Crippen LogP contribution in [0.5, 0.6) is 5.75 Å². The Bertz CT molecular complexity index is 800. The van der Waals surface area contributed by atoms with Crippen LogP contribution in [0.4, 0.5) is 0 Å². The second-order valence-corrected chi connectivity index (χ2v) is 5.43. The molecule has 0 aliphatic rings. The summed E-state index contributed by atoms with van der Waals surface area (Å²) in [5.41, 5.74) is 3.23. The van der Waals surface area contributed by atoms with Crippen molar-refractivity contribution in [1.82, 2.24) is 9.78 Å². The number of para-hydroxylation sites is 1. The quantitative estimate of drug-likeness (QED) is 0.767. The number of aliphatic hydroxyl groups is 1. The van der Waals surface area contributed by atoms with Crippen LogP contribution in [-0.2, 0) is 6.61 Å². The zero-order valence-corrected chi connectivity index (χ0v) is 13.5. The van der Waals surface area contributed by atoms with E-state index in [0.29, 0.717) is 23.1 Å². The second-order valence-electron chi connectivity index (χ2n) is 5.02. The van der Waals surface area contributed by atoms with Crippen LogP contribution in [0.1, 0.15) is 12.5 Å². The summed E-state index contributed by atoms with van der Waals surface area (Å²) in [5, 5.41) is 14.8. The number of hydrogen-bond donors (Lipinski definition) is 1. The molecule has 0 aliphatic carbocycles. The van der Waals surface area contributed by atoms with Crippen LogP contribution in [0.3, 0.4) is 0 Å². The van der Waals surface area contributed by atoms with E-state index in [4.69, 9.17) is 16.3 Å². The van der Waals surface area contributed by atoms with Gasteiger partial charge in [0, 0.05) is 17.3 Å². The lowest BCUT2D eigenvalue weighted by Gasteiger charge is -2.07. The fraction of sp³-hybridized carbons (Fsp3) is 0.167. The van der Waals surface area contributed by atoms with Gasteiger partial charge in [0.05, 0.1) is 29.6 Å². The van der Waals surface area contributed by atoms with Crippen LogP contribution < -0.4 is 4.74 Å². The highest BCUT2D eigenvalue weighted by atomic mass is 35.5. The minimum absolute atomic E-state index is 0.0903. The van der Waals surface area contributed by atoms with E-state index >= 15 is 0 Å². The molecule has 0 amide bonds. The predicted molar refractivity (Wildman–Crippen MR) is 91.1 cm³/mol. The number of rotatable bonds is 5. The van der Waals surface area contributed by atoms with Gasteiger partial charge in [0.2, 0.25) is 0 Å². The highest BCUT2D eigenvalue weighted by Gasteiger charge is 2.13. The number of halogens is 1. The van der Waals surface area contributed by atoms with Gasteiger partial charge in [-0.25, -0.2) is 4.68 Å². The molecule has 0 bridgehead atoms. The Labute approximate surface area is 139 Å². The average Bonchev–Trinajstić information content (AvgIpc) is 3.02. The Morgan fingerprint density at radius 2 is 1.96 bits per heavy atom. The molecule has 0 aliphatic heterocycles. The molecule has 1 N–H and O–H groups in total. The Balaban J connectivity index is 2.02. The molecular formula is C18H17ClN2O2. The molecule has 0 unspecified atom stereocenters. The number of aliphatic hydroxyl groups excluding tert-OH is 1. The Kier molecular flexibility index (Phi) is 4.65. The van der Waals surface area contributed by atoms with Gasteiger partial charge in [0.15, 0.2) is 0 Å². The van der Waals surface area contributed by atoms with E-state index in [0.717, 1.165) is 16.8 Å². The summed E-state index contributed by atoms with van der Waals surface area (Å²) in [6, 6.07) is 15.3. The molecule has 0 radical (unpaired) electrons. The largest absolute Gasteiger partial charge is 0.492 e. The van der Waals surface area contributed by atoms with E-state index in [2.05, 4.69) is 5.10 Å². The third kappa shape index (κ3) is 3.23. The first-order valence-electron chi connectivity index (χ1n) is 7.40. The van der Waals surface area contributed by atoms with E-state index in [9.17, 15) is 5.11 Å². The first kappa shape index (κ1) is 15.6. The number of nitrogens with zero attached hydrogens (tertiary/aromatic N) is 2. The molecule has 0 spiro atoms. The molecule has 118 valence electrons. The highest BCUT2D eigenvalue weighted by Crippen LogP contribution is 2.31. The molecule has 1 heterocycles. The second kappa shape index (κ2) is 6.86. The third-order valence-corrected chi connectivity index (χ3v) is 3.78. The number of ether oxygens (including phenoxy) is 1.